The Morgan fingerprint density at radius 1 is 1.30 bits per heavy atom. The Kier molecular flexibility index (Phi) is 3.51. The molecule has 0 atom stereocenters. The van der Waals surface area contributed by atoms with Gasteiger partial charge in [-0.15, -0.1) is 0 Å². The van der Waals surface area contributed by atoms with Crippen molar-refractivity contribution >= 4 is 5.65 Å². The molecule has 23 heavy (non-hydrogen) atoms. The largest absolute Gasteiger partial charge is 0.489 e. The maximum Gasteiger partial charge on any atom is 0.325 e. The standard InChI is InChI=1S/C15H17N5O3/c1-15(2,3)8-23-11-6-10(19-20-5-4-16-12(11)20)9-7-17-14(22)18-13(9)21/h4-7H,8H2,1-3H3,(H2,17,18,21,22). The number of ether oxygens (including phenoxy) is 1. The number of hydrogen-bond donors (Lipinski definition) is 2. The van der Waals surface area contributed by atoms with Crippen molar-refractivity contribution in [2.45, 2.75) is 20.8 Å². The number of imidazole rings is 1. The molecule has 0 fully saturated rings. The Bertz CT molecular complexity index is 961. The number of aromatic amines is 2. The van der Waals surface area contributed by atoms with Gasteiger partial charge >= 0.3 is 5.69 Å². The minimum Gasteiger partial charge on any atom is -0.489 e. The number of rotatable bonds is 3. The Hall–Kier alpha value is -2.90. The molecule has 0 aromatic carbocycles. The van der Waals surface area contributed by atoms with E-state index < -0.39 is 11.2 Å². The summed E-state index contributed by atoms with van der Waals surface area (Å²) in [5.74, 6) is 0.528. The Morgan fingerprint density at radius 2 is 2.09 bits per heavy atom. The molecule has 2 N–H and O–H groups in total. The van der Waals surface area contributed by atoms with Gasteiger partial charge in [0.05, 0.1) is 12.2 Å². The fourth-order valence-corrected chi connectivity index (χ4v) is 2.02. The molecule has 8 nitrogen and oxygen atoms in total. The van der Waals surface area contributed by atoms with E-state index >= 15 is 0 Å². The molecular formula is C15H17N5O3. The molecule has 0 radical (unpaired) electrons. The fraction of sp³-hybridized carbons (Fsp3) is 0.333. The number of fused-ring (bicyclic) bond motifs is 1. The number of H-pyrrole nitrogens is 2. The average Bonchev–Trinajstić information content (AvgIpc) is 2.92. The lowest BCUT2D eigenvalue weighted by Crippen LogP contribution is -2.23. The van der Waals surface area contributed by atoms with Crippen LogP contribution in [-0.2, 0) is 0 Å². The van der Waals surface area contributed by atoms with Crippen molar-refractivity contribution in [3.8, 4) is 17.0 Å². The lowest BCUT2D eigenvalue weighted by molar-refractivity contribution is 0.199. The topological polar surface area (TPSA) is 105 Å². The van der Waals surface area contributed by atoms with Crippen molar-refractivity contribution < 1.29 is 4.74 Å². The van der Waals surface area contributed by atoms with Gasteiger partial charge in [-0.25, -0.2) is 14.3 Å². The molecule has 3 aromatic heterocycles. The van der Waals surface area contributed by atoms with Crippen molar-refractivity contribution in [2.24, 2.45) is 5.41 Å². The fourth-order valence-electron chi connectivity index (χ4n) is 2.02. The number of nitrogens with zero attached hydrogens (tertiary/aromatic N) is 3. The average molecular weight is 315 g/mol. The van der Waals surface area contributed by atoms with E-state index in [0.29, 0.717) is 23.7 Å². The molecule has 0 amide bonds. The Balaban J connectivity index is 2.11. The summed E-state index contributed by atoms with van der Waals surface area (Å²) in [6.07, 6.45) is 4.61. The molecule has 120 valence electrons. The van der Waals surface area contributed by atoms with Gasteiger partial charge in [0.25, 0.3) is 5.56 Å². The molecule has 3 heterocycles. The lowest BCUT2D eigenvalue weighted by Gasteiger charge is -2.19. The maximum absolute atomic E-state index is 12.0. The monoisotopic (exact) mass is 315 g/mol. The van der Waals surface area contributed by atoms with Gasteiger partial charge in [0.2, 0.25) is 0 Å². The summed E-state index contributed by atoms with van der Waals surface area (Å²) >= 11 is 0. The highest BCUT2D eigenvalue weighted by molar-refractivity contribution is 5.64. The molecule has 3 rings (SSSR count). The predicted octanol–water partition coefficient (Wildman–Crippen LogP) is 1.20. The lowest BCUT2D eigenvalue weighted by atomic mass is 9.99. The van der Waals surface area contributed by atoms with Crippen LogP contribution in [0, 0.1) is 5.41 Å². The molecule has 0 spiro atoms. The van der Waals surface area contributed by atoms with Crippen molar-refractivity contribution in [3.05, 3.63) is 45.5 Å². The number of nitrogens with one attached hydrogen (secondary N) is 2. The summed E-state index contributed by atoms with van der Waals surface area (Å²) in [4.78, 5) is 32.0. The third-order valence-electron chi connectivity index (χ3n) is 3.08. The van der Waals surface area contributed by atoms with Crippen LogP contribution in [0.1, 0.15) is 20.8 Å². The Morgan fingerprint density at radius 3 is 2.78 bits per heavy atom. The van der Waals surface area contributed by atoms with Crippen molar-refractivity contribution in [1.82, 2.24) is 24.6 Å². The first-order valence-corrected chi connectivity index (χ1v) is 7.13. The van der Waals surface area contributed by atoms with Crippen LogP contribution in [0.15, 0.2) is 34.2 Å². The molecule has 0 aliphatic rings. The third-order valence-corrected chi connectivity index (χ3v) is 3.08. The van der Waals surface area contributed by atoms with Crippen LogP contribution in [0.5, 0.6) is 5.75 Å². The van der Waals surface area contributed by atoms with Crippen molar-refractivity contribution in [2.75, 3.05) is 6.61 Å². The maximum atomic E-state index is 12.0. The van der Waals surface area contributed by atoms with Crippen LogP contribution in [0.3, 0.4) is 0 Å². The van der Waals surface area contributed by atoms with Gasteiger partial charge in [-0.05, 0) is 5.41 Å². The first-order chi connectivity index (χ1) is 10.8. The third kappa shape index (κ3) is 3.15. The minimum atomic E-state index is -0.563. The Labute approximate surface area is 131 Å². The van der Waals surface area contributed by atoms with Crippen LogP contribution in [0.25, 0.3) is 16.9 Å². The zero-order valence-corrected chi connectivity index (χ0v) is 13.1. The summed E-state index contributed by atoms with van der Waals surface area (Å²) in [6.45, 7) is 6.67. The van der Waals surface area contributed by atoms with E-state index in [1.165, 1.54) is 10.7 Å². The summed E-state index contributed by atoms with van der Waals surface area (Å²) in [6, 6.07) is 1.65. The van der Waals surface area contributed by atoms with Crippen LogP contribution in [0.4, 0.5) is 0 Å². The zero-order chi connectivity index (χ0) is 16.6. The van der Waals surface area contributed by atoms with Gasteiger partial charge in [0.15, 0.2) is 11.4 Å². The molecule has 8 heteroatoms. The molecule has 0 saturated heterocycles. The minimum absolute atomic E-state index is 0.0253. The van der Waals surface area contributed by atoms with E-state index in [1.54, 1.807) is 18.5 Å². The van der Waals surface area contributed by atoms with E-state index in [2.05, 4.69) is 40.8 Å². The van der Waals surface area contributed by atoms with Crippen molar-refractivity contribution in [3.63, 3.8) is 0 Å². The van der Waals surface area contributed by atoms with Crippen molar-refractivity contribution in [1.29, 1.82) is 0 Å². The van der Waals surface area contributed by atoms with E-state index in [-0.39, 0.29) is 11.0 Å². The summed E-state index contributed by atoms with van der Waals surface area (Å²) < 4.78 is 7.40. The highest BCUT2D eigenvalue weighted by Crippen LogP contribution is 2.25. The van der Waals surface area contributed by atoms with Crippen LogP contribution >= 0.6 is 0 Å². The predicted molar refractivity (Wildman–Crippen MR) is 84.6 cm³/mol. The number of aromatic nitrogens is 5. The molecule has 0 aliphatic carbocycles. The van der Waals surface area contributed by atoms with Gasteiger partial charge in [0, 0.05) is 24.7 Å². The first-order valence-electron chi connectivity index (χ1n) is 7.13. The SMILES string of the molecule is CC(C)(C)COc1cc(-c2c[nH]c(=O)[nH]c2=O)nn2ccnc12. The second-order valence-electron chi connectivity index (χ2n) is 6.42. The highest BCUT2D eigenvalue weighted by Gasteiger charge is 2.16. The van der Waals surface area contributed by atoms with Gasteiger partial charge in [-0.1, -0.05) is 20.8 Å². The van der Waals surface area contributed by atoms with Crippen LogP contribution in [-0.4, -0.2) is 31.2 Å². The van der Waals surface area contributed by atoms with Crippen LogP contribution < -0.4 is 16.0 Å². The summed E-state index contributed by atoms with van der Waals surface area (Å²) in [5, 5.41) is 4.33. The van der Waals surface area contributed by atoms with Gasteiger partial charge in [-0.3, -0.25) is 9.78 Å². The smallest absolute Gasteiger partial charge is 0.325 e. The zero-order valence-electron chi connectivity index (χ0n) is 13.1. The quantitative estimate of drug-likeness (QED) is 0.755. The highest BCUT2D eigenvalue weighted by atomic mass is 16.5. The molecular weight excluding hydrogens is 298 g/mol. The second-order valence-corrected chi connectivity index (χ2v) is 6.42. The molecule has 0 saturated carbocycles. The van der Waals surface area contributed by atoms with E-state index in [1.807, 2.05) is 0 Å². The molecule has 0 aliphatic heterocycles. The molecule has 0 bridgehead atoms. The summed E-state index contributed by atoms with van der Waals surface area (Å²) in [5.41, 5.74) is 0.105. The van der Waals surface area contributed by atoms with E-state index in [9.17, 15) is 9.59 Å². The molecule has 3 aromatic rings. The van der Waals surface area contributed by atoms with Gasteiger partial charge < -0.3 is 9.72 Å². The first kappa shape index (κ1) is 15.0. The second kappa shape index (κ2) is 5.38. The number of hydrogen-bond acceptors (Lipinski definition) is 5. The summed E-state index contributed by atoms with van der Waals surface area (Å²) in [7, 11) is 0. The van der Waals surface area contributed by atoms with E-state index in [0.717, 1.165) is 0 Å². The van der Waals surface area contributed by atoms with Gasteiger partial charge in [-0.2, -0.15) is 5.10 Å². The molecule has 0 unspecified atom stereocenters. The normalized spacial score (nSPS) is 11.8. The van der Waals surface area contributed by atoms with Crippen LogP contribution in [0.2, 0.25) is 0 Å². The van der Waals surface area contributed by atoms with Gasteiger partial charge in [0.1, 0.15) is 5.69 Å². The van der Waals surface area contributed by atoms with E-state index in [4.69, 9.17) is 4.74 Å².